The van der Waals surface area contributed by atoms with Crippen molar-refractivity contribution < 1.29 is 9.53 Å². The van der Waals surface area contributed by atoms with Crippen LogP contribution < -0.4 is 5.32 Å². The molecule has 21 heavy (non-hydrogen) atoms. The number of rotatable bonds is 7. The molecule has 116 valence electrons. The van der Waals surface area contributed by atoms with Crippen LogP contribution in [0.3, 0.4) is 0 Å². The van der Waals surface area contributed by atoms with E-state index in [9.17, 15) is 4.79 Å². The lowest BCUT2D eigenvalue weighted by atomic mass is 10.1. The molecule has 2 rings (SSSR count). The van der Waals surface area contributed by atoms with E-state index in [1.54, 1.807) is 0 Å². The molecule has 1 saturated heterocycles. The molecule has 0 spiro atoms. The van der Waals surface area contributed by atoms with Gasteiger partial charge >= 0.3 is 0 Å². The van der Waals surface area contributed by atoms with Gasteiger partial charge in [-0.25, -0.2) is 0 Å². The van der Waals surface area contributed by atoms with Gasteiger partial charge in [-0.1, -0.05) is 30.3 Å². The second kappa shape index (κ2) is 7.54. The molecule has 1 heterocycles. The number of ether oxygens (including phenoxy) is 1. The average Bonchev–Trinajstić information content (AvgIpc) is 2.75. The van der Waals surface area contributed by atoms with E-state index in [1.807, 2.05) is 56.3 Å². The Bertz CT molecular complexity index is 450. The highest BCUT2D eigenvalue weighted by Gasteiger charge is 2.36. The molecule has 1 aliphatic heterocycles. The molecule has 1 aromatic rings. The van der Waals surface area contributed by atoms with Gasteiger partial charge in [0.05, 0.1) is 19.3 Å². The van der Waals surface area contributed by atoms with Gasteiger partial charge in [0.25, 0.3) is 0 Å². The number of amides is 1. The predicted octanol–water partition coefficient (Wildman–Crippen LogP) is 1.08. The fourth-order valence-electron chi connectivity index (χ4n) is 2.44. The van der Waals surface area contributed by atoms with Crippen molar-refractivity contribution in [3.63, 3.8) is 0 Å². The van der Waals surface area contributed by atoms with Crippen LogP contribution in [0.1, 0.15) is 18.7 Å². The first-order valence-electron chi connectivity index (χ1n) is 7.43. The number of nitrogens with one attached hydrogen (secondary N) is 1. The number of likely N-dealkylation sites (N-methyl/N-ethyl adjacent to an activating group) is 1. The van der Waals surface area contributed by atoms with E-state index in [4.69, 9.17) is 4.74 Å². The van der Waals surface area contributed by atoms with E-state index < -0.39 is 0 Å². The van der Waals surface area contributed by atoms with Crippen molar-refractivity contribution in [1.82, 2.24) is 15.1 Å². The van der Waals surface area contributed by atoms with Crippen LogP contribution in [0.15, 0.2) is 30.3 Å². The molecule has 1 fully saturated rings. The fraction of sp³-hybridized carbons (Fsp3) is 0.562. The van der Waals surface area contributed by atoms with Gasteiger partial charge in [-0.2, -0.15) is 0 Å². The Hall–Kier alpha value is -1.43. The van der Waals surface area contributed by atoms with Crippen LogP contribution in [0, 0.1) is 0 Å². The number of nitrogens with zero attached hydrogens (tertiary/aromatic N) is 2. The standard InChI is InChI=1S/C16H25N3O2/c1-13-16(20)19(10-12-21-11-9-18(2)3)15(17-13)14-7-5-4-6-8-14/h4-8,13,15,17H,9-12H2,1-3H3. The molecule has 0 radical (unpaired) electrons. The van der Waals surface area contributed by atoms with Gasteiger partial charge < -0.3 is 14.5 Å². The number of carbonyl (C=O) groups is 1. The predicted molar refractivity (Wildman–Crippen MR) is 82.9 cm³/mol. The number of carbonyl (C=O) groups excluding carboxylic acids is 1. The lowest BCUT2D eigenvalue weighted by molar-refractivity contribution is -0.130. The lowest BCUT2D eigenvalue weighted by Gasteiger charge is -2.24. The van der Waals surface area contributed by atoms with E-state index >= 15 is 0 Å². The van der Waals surface area contributed by atoms with Crippen LogP contribution in [0.2, 0.25) is 0 Å². The maximum absolute atomic E-state index is 12.3. The van der Waals surface area contributed by atoms with E-state index in [2.05, 4.69) is 10.2 Å². The van der Waals surface area contributed by atoms with Gasteiger partial charge in [0.2, 0.25) is 5.91 Å². The molecule has 1 aromatic carbocycles. The van der Waals surface area contributed by atoms with E-state index in [0.717, 1.165) is 12.1 Å². The molecule has 0 bridgehead atoms. The van der Waals surface area contributed by atoms with Crippen LogP contribution in [0.5, 0.6) is 0 Å². The number of benzene rings is 1. The highest BCUT2D eigenvalue weighted by molar-refractivity contribution is 5.84. The van der Waals surface area contributed by atoms with Crippen LogP contribution >= 0.6 is 0 Å². The minimum atomic E-state index is -0.142. The minimum Gasteiger partial charge on any atom is -0.378 e. The van der Waals surface area contributed by atoms with Gasteiger partial charge in [-0.3, -0.25) is 10.1 Å². The Kier molecular flexibility index (Phi) is 5.73. The fourth-order valence-corrected chi connectivity index (χ4v) is 2.44. The Morgan fingerprint density at radius 2 is 1.95 bits per heavy atom. The van der Waals surface area contributed by atoms with Crippen LogP contribution in [-0.4, -0.2) is 62.1 Å². The zero-order valence-electron chi connectivity index (χ0n) is 13.1. The van der Waals surface area contributed by atoms with E-state index in [1.165, 1.54) is 0 Å². The highest BCUT2D eigenvalue weighted by atomic mass is 16.5. The number of hydrogen-bond acceptors (Lipinski definition) is 4. The summed E-state index contributed by atoms with van der Waals surface area (Å²) in [5.41, 5.74) is 1.11. The molecule has 2 unspecified atom stereocenters. The van der Waals surface area contributed by atoms with Crippen molar-refractivity contribution >= 4 is 5.91 Å². The van der Waals surface area contributed by atoms with Crippen molar-refractivity contribution in [1.29, 1.82) is 0 Å². The topological polar surface area (TPSA) is 44.8 Å². The molecule has 1 aliphatic rings. The van der Waals surface area contributed by atoms with Gasteiger partial charge in [0.15, 0.2) is 0 Å². The molecule has 1 N–H and O–H groups in total. The third kappa shape index (κ3) is 4.27. The summed E-state index contributed by atoms with van der Waals surface area (Å²) in [6, 6.07) is 9.92. The maximum atomic E-state index is 12.3. The van der Waals surface area contributed by atoms with Crippen LogP contribution in [-0.2, 0) is 9.53 Å². The first-order chi connectivity index (χ1) is 10.1. The molecular formula is C16H25N3O2. The molecule has 5 heteroatoms. The molecule has 2 atom stereocenters. The lowest BCUT2D eigenvalue weighted by Crippen LogP contribution is -2.34. The summed E-state index contributed by atoms with van der Waals surface area (Å²) in [6.07, 6.45) is -0.0499. The minimum absolute atomic E-state index is 0.0499. The smallest absolute Gasteiger partial charge is 0.241 e. The molecule has 5 nitrogen and oxygen atoms in total. The van der Waals surface area contributed by atoms with Gasteiger partial charge in [-0.05, 0) is 26.6 Å². The first kappa shape index (κ1) is 15.9. The van der Waals surface area contributed by atoms with Gasteiger partial charge in [0.1, 0.15) is 6.17 Å². The summed E-state index contributed by atoms with van der Waals surface area (Å²) >= 11 is 0. The van der Waals surface area contributed by atoms with Crippen molar-refractivity contribution in [2.24, 2.45) is 0 Å². The monoisotopic (exact) mass is 291 g/mol. The zero-order valence-corrected chi connectivity index (χ0v) is 13.1. The SMILES string of the molecule is CC1NC(c2ccccc2)N(CCOCCN(C)C)C1=O. The van der Waals surface area contributed by atoms with Crippen LogP contribution in [0.4, 0.5) is 0 Å². The normalized spacial score (nSPS) is 22.3. The van der Waals surface area contributed by atoms with E-state index in [0.29, 0.717) is 19.8 Å². The summed E-state index contributed by atoms with van der Waals surface area (Å²) in [4.78, 5) is 16.2. The Morgan fingerprint density at radius 3 is 2.62 bits per heavy atom. The average molecular weight is 291 g/mol. The quantitative estimate of drug-likeness (QED) is 0.764. The molecule has 0 aliphatic carbocycles. The second-order valence-electron chi connectivity index (χ2n) is 5.65. The van der Waals surface area contributed by atoms with Crippen LogP contribution in [0.25, 0.3) is 0 Å². The van der Waals surface area contributed by atoms with Crippen molar-refractivity contribution in [3.05, 3.63) is 35.9 Å². The summed E-state index contributed by atoms with van der Waals surface area (Å²) < 4.78 is 5.61. The number of hydrogen-bond donors (Lipinski definition) is 1. The van der Waals surface area contributed by atoms with Gasteiger partial charge in [0, 0.05) is 13.1 Å². The summed E-state index contributed by atoms with van der Waals surface area (Å²) in [6.45, 7) is 4.67. The Balaban J connectivity index is 1.90. The maximum Gasteiger partial charge on any atom is 0.241 e. The Morgan fingerprint density at radius 1 is 1.24 bits per heavy atom. The summed E-state index contributed by atoms with van der Waals surface area (Å²) in [5, 5.41) is 3.34. The Labute approximate surface area is 126 Å². The third-order valence-corrected chi connectivity index (χ3v) is 3.65. The van der Waals surface area contributed by atoms with Crippen molar-refractivity contribution in [2.75, 3.05) is 40.4 Å². The summed E-state index contributed by atoms with van der Waals surface area (Å²) in [5.74, 6) is 0.139. The highest BCUT2D eigenvalue weighted by Crippen LogP contribution is 2.24. The third-order valence-electron chi connectivity index (χ3n) is 3.65. The van der Waals surface area contributed by atoms with Crippen molar-refractivity contribution in [2.45, 2.75) is 19.1 Å². The van der Waals surface area contributed by atoms with Gasteiger partial charge in [-0.15, -0.1) is 0 Å². The second-order valence-corrected chi connectivity index (χ2v) is 5.65. The summed E-state index contributed by atoms with van der Waals surface area (Å²) in [7, 11) is 4.04. The molecule has 1 amide bonds. The largest absolute Gasteiger partial charge is 0.378 e. The molecule has 0 saturated carbocycles. The zero-order chi connectivity index (χ0) is 15.2. The first-order valence-corrected chi connectivity index (χ1v) is 7.43. The molecule has 0 aromatic heterocycles. The van der Waals surface area contributed by atoms with Crippen molar-refractivity contribution in [3.8, 4) is 0 Å². The molecular weight excluding hydrogens is 266 g/mol. The van der Waals surface area contributed by atoms with E-state index in [-0.39, 0.29) is 18.1 Å².